The summed E-state index contributed by atoms with van der Waals surface area (Å²) in [6.45, 7) is 0. The van der Waals surface area contributed by atoms with Gasteiger partial charge >= 0.3 is 6.03 Å². The highest BCUT2D eigenvalue weighted by Gasteiger charge is 2.00. The number of hydrogen-bond donors (Lipinski definition) is 2. The van der Waals surface area contributed by atoms with Crippen LogP contribution in [0.1, 0.15) is 11.1 Å². The van der Waals surface area contributed by atoms with Crippen LogP contribution in [-0.2, 0) is 6.42 Å². The largest absolute Gasteiger partial charge is 0.351 e. The zero-order valence-electron chi connectivity index (χ0n) is 10.4. The molecule has 0 bridgehead atoms. The third kappa shape index (κ3) is 3.90. The maximum absolute atomic E-state index is 10.9. The van der Waals surface area contributed by atoms with Gasteiger partial charge in [-0.3, -0.25) is 0 Å². The van der Waals surface area contributed by atoms with Crippen molar-refractivity contribution in [2.75, 3.05) is 5.32 Å². The van der Waals surface area contributed by atoms with Gasteiger partial charge in [0.2, 0.25) is 0 Å². The minimum absolute atomic E-state index is 0.586. The van der Waals surface area contributed by atoms with Crippen LogP contribution < -0.4 is 11.1 Å². The van der Waals surface area contributed by atoms with Crippen molar-refractivity contribution < 1.29 is 4.79 Å². The molecule has 94 valence electrons. The highest BCUT2D eigenvalue weighted by atomic mass is 16.2. The van der Waals surface area contributed by atoms with Crippen LogP contribution in [0.5, 0.6) is 0 Å². The lowest BCUT2D eigenvalue weighted by Crippen LogP contribution is -2.19. The maximum atomic E-state index is 10.9. The number of hydrogen-bond acceptors (Lipinski definition) is 1. The second-order valence-corrected chi connectivity index (χ2v) is 4.00. The lowest BCUT2D eigenvalue weighted by atomic mass is 10.1. The van der Waals surface area contributed by atoms with E-state index in [0.29, 0.717) is 12.1 Å². The molecule has 0 saturated carbocycles. The van der Waals surface area contributed by atoms with Crippen LogP contribution in [0.25, 0.3) is 0 Å². The van der Waals surface area contributed by atoms with E-state index in [1.807, 2.05) is 48.5 Å². The topological polar surface area (TPSA) is 55.1 Å². The predicted molar refractivity (Wildman–Crippen MR) is 76.7 cm³/mol. The van der Waals surface area contributed by atoms with Crippen molar-refractivity contribution in [3.63, 3.8) is 0 Å². The minimum Gasteiger partial charge on any atom is -0.351 e. The molecule has 0 aliphatic heterocycles. The molecule has 0 saturated heterocycles. The summed E-state index contributed by atoms with van der Waals surface area (Å²) >= 11 is 0. The molecule has 0 aliphatic rings. The predicted octanol–water partition coefficient (Wildman–Crippen LogP) is 2.77. The van der Waals surface area contributed by atoms with Gasteiger partial charge in [-0.05, 0) is 17.7 Å². The van der Waals surface area contributed by atoms with E-state index in [9.17, 15) is 4.79 Å². The molecule has 3 nitrogen and oxygen atoms in total. The van der Waals surface area contributed by atoms with Crippen LogP contribution in [0.3, 0.4) is 0 Å². The zero-order chi connectivity index (χ0) is 13.5. The molecule has 2 aromatic carbocycles. The monoisotopic (exact) mass is 250 g/mol. The fraction of sp³-hybridized carbons (Fsp3) is 0.0625. The average Bonchev–Trinajstić information content (AvgIpc) is 2.41. The lowest BCUT2D eigenvalue weighted by Gasteiger charge is -2.03. The van der Waals surface area contributed by atoms with Crippen LogP contribution in [0.4, 0.5) is 10.5 Å². The first kappa shape index (κ1) is 12.7. The summed E-state index contributed by atoms with van der Waals surface area (Å²) < 4.78 is 0. The number of para-hydroxylation sites is 1. The fourth-order valence-corrected chi connectivity index (χ4v) is 1.67. The minimum atomic E-state index is -0.586. The van der Waals surface area contributed by atoms with Gasteiger partial charge in [0.1, 0.15) is 0 Å². The molecule has 0 unspecified atom stereocenters. The zero-order valence-corrected chi connectivity index (χ0v) is 10.4. The van der Waals surface area contributed by atoms with E-state index in [1.54, 1.807) is 6.07 Å². The average molecular weight is 250 g/mol. The molecular formula is C16H14N2O. The third-order valence-corrected chi connectivity index (χ3v) is 2.54. The molecule has 3 heteroatoms. The molecule has 0 atom stereocenters. The Labute approximate surface area is 112 Å². The van der Waals surface area contributed by atoms with Crippen LogP contribution in [-0.4, -0.2) is 6.03 Å². The third-order valence-electron chi connectivity index (χ3n) is 2.54. The SMILES string of the molecule is NC(=O)Nc1ccccc1C#CCc1ccccc1. The molecule has 0 heterocycles. The molecule has 0 spiro atoms. The first-order chi connectivity index (χ1) is 9.25. The fourth-order valence-electron chi connectivity index (χ4n) is 1.67. The van der Waals surface area contributed by atoms with Gasteiger partial charge in [-0.15, -0.1) is 0 Å². The van der Waals surface area contributed by atoms with Crippen molar-refractivity contribution in [2.45, 2.75) is 6.42 Å². The van der Waals surface area contributed by atoms with Crippen molar-refractivity contribution in [1.82, 2.24) is 0 Å². The van der Waals surface area contributed by atoms with Crippen LogP contribution in [0, 0.1) is 11.8 Å². The first-order valence-electron chi connectivity index (χ1n) is 5.94. The van der Waals surface area contributed by atoms with Crippen LogP contribution >= 0.6 is 0 Å². The summed E-state index contributed by atoms with van der Waals surface area (Å²) in [5, 5.41) is 2.56. The van der Waals surface area contributed by atoms with E-state index in [0.717, 1.165) is 11.1 Å². The van der Waals surface area contributed by atoms with Gasteiger partial charge < -0.3 is 11.1 Å². The summed E-state index contributed by atoms with van der Waals surface area (Å²) in [6, 6.07) is 16.7. The quantitative estimate of drug-likeness (QED) is 0.791. The van der Waals surface area contributed by atoms with Gasteiger partial charge in [-0.2, -0.15) is 0 Å². The lowest BCUT2D eigenvalue weighted by molar-refractivity contribution is 0.259. The molecule has 2 aromatic rings. The molecule has 19 heavy (non-hydrogen) atoms. The molecule has 2 amide bonds. The summed E-state index contributed by atoms with van der Waals surface area (Å²) in [4.78, 5) is 10.9. The Kier molecular flexibility index (Phi) is 4.20. The number of carbonyl (C=O) groups is 1. The van der Waals surface area contributed by atoms with E-state index < -0.39 is 6.03 Å². The van der Waals surface area contributed by atoms with Gasteiger partial charge in [0.25, 0.3) is 0 Å². The Balaban J connectivity index is 2.13. The van der Waals surface area contributed by atoms with Crippen molar-refractivity contribution >= 4 is 11.7 Å². The van der Waals surface area contributed by atoms with Gasteiger partial charge in [0, 0.05) is 12.0 Å². The van der Waals surface area contributed by atoms with Crippen molar-refractivity contribution in [3.8, 4) is 11.8 Å². The van der Waals surface area contributed by atoms with E-state index >= 15 is 0 Å². The maximum Gasteiger partial charge on any atom is 0.316 e. The number of primary amides is 1. The Morgan fingerprint density at radius 2 is 1.74 bits per heavy atom. The Morgan fingerprint density at radius 1 is 1.05 bits per heavy atom. The van der Waals surface area contributed by atoms with E-state index in [1.165, 1.54) is 0 Å². The van der Waals surface area contributed by atoms with Crippen molar-refractivity contribution in [2.24, 2.45) is 5.73 Å². The molecule has 0 fully saturated rings. The Bertz CT molecular complexity index is 624. The van der Waals surface area contributed by atoms with Gasteiger partial charge in [-0.1, -0.05) is 54.3 Å². The number of nitrogens with one attached hydrogen (secondary N) is 1. The van der Waals surface area contributed by atoms with Crippen LogP contribution in [0.15, 0.2) is 54.6 Å². The second kappa shape index (κ2) is 6.27. The standard InChI is InChI=1S/C16H14N2O/c17-16(19)18-15-12-5-4-10-14(15)11-6-9-13-7-2-1-3-8-13/h1-5,7-8,10,12H,9H2,(H3,17,18,19). The molecular weight excluding hydrogens is 236 g/mol. The number of urea groups is 1. The van der Waals surface area contributed by atoms with Gasteiger partial charge in [-0.25, -0.2) is 4.79 Å². The molecule has 2 rings (SSSR count). The molecule has 3 N–H and O–H groups in total. The molecule has 0 radical (unpaired) electrons. The van der Waals surface area contributed by atoms with Crippen molar-refractivity contribution in [1.29, 1.82) is 0 Å². The van der Waals surface area contributed by atoms with E-state index in [2.05, 4.69) is 17.2 Å². The number of rotatable bonds is 2. The summed E-state index contributed by atoms with van der Waals surface area (Å²) in [6.07, 6.45) is 0.672. The molecule has 0 aliphatic carbocycles. The van der Waals surface area contributed by atoms with Gasteiger partial charge in [0.05, 0.1) is 5.69 Å². The summed E-state index contributed by atoms with van der Waals surface area (Å²) in [5.74, 6) is 6.14. The number of carbonyl (C=O) groups excluding carboxylic acids is 1. The Morgan fingerprint density at radius 3 is 2.47 bits per heavy atom. The highest BCUT2D eigenvalue weighted by molar-refractivity contribution is 5.89. The van der Waals surface area contributed by atoms with E-state index in [-0.39, 0.29) is 0 Å². The van der Waals surface area contributed by atoms with Gasteiger partial charge in [0.15, 0.2) is 0 Å². The second-order valence-electron chi connectivity index (χ2n) is 4.00. The highest BCUT2D eigenvalue weighted by Crippen LogP contribution is 2.13. The number of amides is 2. The number of anilines is 1. The number of benzene rings is 2. The molecule has 0 aromatic heterocycles. The smallest absolute Gasteiger partial charge is 0.316 e. The Hall–Kier alpha value is -2.73. The van der Waals surface area contributed by atoms with Crippen molar-refractivity contribution in [3.05, 3.63) is 65.7 Å². The summed E-state index contributed by atoms with van der Waals surface area (Å²) in [5.41, 5.74) is 7.67. The first-order valence-corrected chi connectivity index (χ1v) is 5.94. The summed E-state index contributed by atoms with van der Waals surface area (Å²) in [7, 11) is 0. The normalized spacial score (nSPS) is 9.26. The number of nitrogens with two attached hydrogens (primary N) is 1. The van der Waals surface area contributed by atoms with Crippen LogP contribution in [0.2, 0.25) is 0 Å². The van der Waals surface area contributed by atoms with E-state index in [4.69, 9.17) is 5.73 Å².